The minimum Gasteiger partial charge on any atom is -0.465 e. The van der Waals surface area contributed by atoms with Crippen molar-refractivity contribution in [2.45, 2.75) is 50.8 Å². The van der Waals surface area contributed by atoms with Gasteiger partial charge in [0.05, 0.1) is 0 Å². The zero-order valence-electron chi connectivity index (χ0n) is 13.9. The normalized spacial score (nSPS) is 26.5. The number of aromatic nitrogens is 2. The first-order valence-corrected chi connectivity index (χ1v) is 9.25. The second kappa shape index (κ2) is 6.26. The van der Waals surface area contributed by atoms with Gasteiger partial charge < -0.3 is 9.64 Å². The Kier molecular flexibility index (Phi) is 4.10. The van der Waals surface area contributed by atoms with Crippen molar-refractivity contribution in [1.29, 1.82) is 0 Å². The van der Waals surface area contributed by atoms with Crippen molar-refractivity contribution in [3.05, 3.63) is 29.8 Å². The van der Waals surface area contributed by atoms with Crippen molar-refractivity contribution < 1.29 is 9.53 Å². The largest absolute Gasteiger partial charge is 0.465 e. The molecule has 2 atom stereocenters. The smallest absolute Gasteiger partial charge is 0.294 e. The van der Waals surface area contributed by atoms with Crippen LogP contribution in [0.15, 0.2) is 24.3 Å². The van der Waals surface area contributed by atoms with E-state index in [2.05, 4.69) is 22.1 Å². The van der Waals surface area contributed by atoms with Crippen LogP contribution >= 0.6 is 11.3 Å². The van der Waals surface area contributed by atoms with Gasteiger partial charge in [0.15, 0.2) is 10.8 Å². The lowest BCUT2D eigenvalue weighted by atomic mass is 10.0. The maximum Gasteiger partial charge on any atom is 0.294 e. The van der Waals surface area contributed by atoms with Gasteiger partial charge in [-0.2, -0.15) is 0 Å². The maximum absolute atomic E-state index is 11.4. The highest BCUT2D eigenvalue weighted by Crippen LogP contribution is 2.37. The molecule has 2 aliphatic heterocycles. The first-order valence-electron chi connectivity index (χ1n) is 8.43. The van der Waals surface area contributed by atoms with E-state index in [4.69, 9.17) is 4.74 Å². The lowest BCUT2D eigenvalue weighted by Gasteiger charge is -2.35. The minimum atomic E-state index is 0.0692. The fourth-order valence-electron chi connectivity index (χ4n) is 3.82. The number of hydrogen-bond donors (Lipinski definition) is 0. The SMILES string of the molecule is CC(=O)c1ccc(-c2nnc(OC3CC4CCC(C3)N4C)s2)cc1. The summed E-state index contributed by atoms with van der Waals surface area (Å²) >= 11 is 1.47. The number of ether oxygens (including phenoxy) is 1. The fraction of sp³-hybridized carbons (Fsp3) is 0.500. The Morgan fingerprint density at radius 2 is 1.83 bits per heavy atom. The first-order chi connectivity index (χ1) is 11.6. The monoisotopic (exact) mass is 343 g/mol. The highest BCUT2D eigenvalue weighted by atomic mass is 32.1. The Balaban J connectivity index is 1.44. The molecule has 2 fully saturated rings. The van der Waals surface area contributed by atoms with Crippen LogP contribution in [0.1, 0.15) is 43.0 Å². The van der Waals surface area contributed by atoms with E-state index in [1.54, 1.807) is 6.92 Å². The predicted octanol–water partition coefficient (Wildman–Crippen LogP) is 3.41. The number of ketones is 1. The number of piperidine rings is 1. The fourth-order valence-corrected chi connectivity index (χ4v) is 4.59. The average Bonchev–Trinajstić information content (AvgIpc) is 3.09. The van der Waals surface area contributed by atoms with Crippen LogP contribution in [0.25, 0.3) is 10.6 Å². The topological polar surface area (TPSA) is 55.3 Å². The number of nitrogens with zero attached hydrogens (tertiary/aromatic N) is 3. The van der Waals surface area contributed by atoms with Crippen molar-refractivity contribution in [3.63, 3.8) is 0 Å². The highest BCUT2D eigenvalue weighted by molar-refractivity contribution is 7.16. The van der Waals surface area contributed by atoms with Gasteiger partial charge in [-0.05, 0) is 39.7 Å². The summed E-state index contributed by atoms with van der Waals surface area (Å²) in [5.41, 5.74) is 1.68. The van der Waals surface area contributed by atoms with Gasteiger partial charge in [-0.3, -0.25) is 4.79 Å². The Morgan fingerprint density at radius 1 is 1.17 bits per heavy atom. The number of carbonyl (C=O) groups excluding carboxylic acids is 1. The third-order valence-electron chi connectivity index (χ3n) is 5.27. The standard InChI is InChI=1S/C18H21N3O2S/c1-11(22)12-3-5-13(6-4-12)17-19-20-18(24-17)23-16-9-14-7-8-15(10-16)21(14)2/h3-6,14-16H,7-10H2,1-2H3. The van der Waals surface area contributed by atoms with Crippen molar-refractivity contribution in [1.82, 2.24) is 15.1 Å². The summed E-state index contributed by atoms with van der Waals surface area (Å²) in [5.74, 6) is 0.0692. The third-order valence-corrected chi connectivity index (χ3v) is 6.13. The van der Waals surface area contributed by atoms with Gasteiger partial charge in [0, 0.05) is 23.2 Å². The summed E-state index contributed by atoms with van der Waals surface area (Å²) in [7, 11) is 2.23. The molecular weight excluding hydrogens is 322 g/mol. The van der Waals surface area contributed by atoms with E-state index in [9.17, 15) is 4.79 Å². The van der Waals surface area contributed by atoms with Crippen molar-refractivity contribution in [2.24, 2.45) is 0 Å². The van der Waals surface area contributed by atoms with Gasteiger partial charge in [0.25, 0.3) is 5.19 Å². The van der Waals surface area contributed by atoms with Gasteiger partial charge >= 0.3 is 0 Å². The van der Waals surface area contributed by atoms with E-state index in [-0.39, 0.29) is 11.9 Å². The lowest BCUT2D eigenvalue weighted by molar-refractivity contribution is 0.0655. The molecule has 0 spiro atoms. The molecule has 1 aromatic carbocycles. The summed E-state index contributed by atoms with van der Waals surface area (Å²) in [6.07, 6.45) is 4.97. The lowest BCUT2D eigenvalue weighted by Crippen LogP contribution is -2.43. The molecule has 0 N–H and O–H groups in total. The Labute approximate surface area is 145 Å². The number of rotatable bonds is 4. The summed E-state index contributed by atoms with van der Waals surface area (Å²) in [5, 5.41) is 9.92. The van der Waals surface area contributed by atoms with Crippen LogP contribution in [0, 0.1) is 0 Å². The molecule has 3 heterocycles. The molecule has 0 saturated carbocycles. The van der Waals surface area contributed by atoms with Crippen LogP contribution in [-0.2, 0) is 0 Å². The molecule has 2 aliphatic rings. The number of carbonyl (C=O) groups is 1. The number of benzene rings is 1. The molecule has 1 aromatic heterocycles. The molecule has 0 aliphatic carbocycles. The summed E-state index contributed by atoms with van der Waals surface area (Å²) in [4.78, 5) is 13.9. The van der Waals surface area contributed by atoms with Gasteiger partial charge in [-0.1, -0.05) is 40.7 Å². The Bertz CT molecular complexity index is 729. The molecule has 126 valence electrons. The van der Waals surface area contributed by atoms with E-state index in [0.717, 1.165) is 23.4 Å². The summed E-state index contributed by atoms with van der Waals surface area (Å²) in [6, 6.07) is 8.79. The molecule has 2 unspecified atom stereocenters. The van der Waals surface area contributed by atoms with E-state index >= 15 is 0 Å². The second-order valence-electron chi connectivity index (χ2n) is 6.77. The highest BCUT2D eigenvalue weighted by Gasteiger charge is 2.39. The summed E-state index contributed by atoms with van der Waals surface area (Å²) in [6.45, 7) is 1.57. The van der Waals surface area contributed by atoms with E-state index in [0.29, 0.717) is 22.8 Å². The first kappa shape index (κ1) is 15.7. The van der Waals surface area contributed by atoms with Crippen molar-refractivity contribution in [3.8, 4) is 15.8 Å². The molecule has 0 amide bonds. The van der Waals surface area contributed by atoms with Gasteiger partial charge in [0.2, 0.25) is 0 Å². The number of hydrogen-bond acceptors (Lipinski definition) is 6. The van der Waals surface area contributed by atoms with Gasteiger partial charge in [-0.25, -0.2) is 0 Å². The van der Waals surface area contributed by atoms with Crippen molar-refractivity contribution >= 4 is 17.1 Å². The zero-order valence-corrected chi connectivity index (χ0v) is 14.8. The molecule has 24 heavy (non-hydrogen) atoms. The maximum atomic E-state index is 11.4. The van der Waals surface area contributed by atoms with Crippen LogP contribution in [0.2, 0.25) is 0 Å². The molecule has 4 rings (SSSR count). The minimum absolute atomic E-state index is 0.0692. The van der Waals surface area contributed by atoms with Gasteiger partial charge in [0.1, 0.15) is 6.10 Å². The Hall–Kier alpha value is -1.79. The quantitative estimate of drug-likeness (QED) is 0.796. The molecule has 0 radical (unpaired) electrons. The van der Waals surface area contributed by atoms with Crippen LogP contribution < -0.4 is 4.74 Å². The molecule has 6 heteroatoms. The van der Waals surface area contributed by atoms with E-state index in [1.807, 2.05) is 24.3 Å². The predicted molar refractivity (Wildman–Crippen MR) is 93.6 cm³/mol. The number of Topliss-reactive ketones (excluding diaryl/α,β-unsaturated/α-hetero) is 1. The van der Waals surface area contributed by atoms with Crippen LogP contribution in [0.3, 0.4) is 0 Å². The summed E-state index contributed by atoms with van der Waals surface area (Å²) < 4.78 is 6.11. The van der Waals surface area contributed by atoms with Crippen LogP contribution in [-0.4, -0.2) is 46.1 Å². The molecule has 2 bridgehead atoms. The molecule has 5 nitrogen and oxygen atoms in total. The third kappa shape index (κ3) is 2.96. The molecule has 2 aromatic rings. The second-order valence-corrected chi connectivity index (χ2v) is 7.71. The Morgan fingerprint density at radius 3 is 2.46 bits per heavy atom. The average molecular weight is 343 g/mol. The molecule has 2 saturated heterocycles. The molecular formula is C18H21N3O2S. The van der Waals surface area contributed by atoms with Crippen LogP contribution in [0.5, 0.6) is 5.19 Å². The number of fused-ring (bicyclic) bond motifs is 2. The van der Waals surface area contributed by atoms with Gasteiger partial charge in [-0.15, -0.1) is 5.10 Å². The van der Waals surface area contributed by atoms with E-state index < -0.39 is 0 Å². The van der Waals surface area contributed by atoms with E-state index in [1.165, 1.54) is 24.2 Å². The van der Waals surface area contributed by atoms with Crippen LogP contribution in [0.4, 0.5) is 0 Å². The zero-order chi connectivity index (χ0) is 16.7. The van der Waals surface area contributed by atoms with Crippen molar-refractivity contribution in [2.75, 3.05) is 7.05 Å².